The lowest BCUT2D eigenvalue weighted by Gasteiger charge is -2.41. The number of carbonyl (C=O) groups excluding carboxylic acids is 1. The van der Waals surface area contributed by atoms with Gasteiger partial charge in [-0.1, -0.05) is 12.1 Å². The summed E-state index contributed by atoms with van der Waals surface area (Å²) in [5.41, 5.74) is 1.68. The highest BCUT2D eigenvalue weighted by Gasteiger charge is 2.42. The lowest BCUT2D eigenvalue weighted by molar-refractivity contribution is -0.00588. The quantitative estimate of drug-likeness (QED) is 0.733. The molecule has 0 spiro atoms. The number of nitrogens with zero attached hydrogens (tertiary/aromatic N) is 4. The van der Waals surface area contributed by atoms with Crippen LogP contribution in [0.25, 0.3) is 0 Å². The second kappa shape index (κ2) is 6.52. The summed E-state index contributed by atoms with van der Waals surface area (Å²) < 4.78 is 3.53. The number of aromatic nitrogens is 4. The zero-order valence-electron chi connectivity index (χ0n) is 13.6. The van der Waals surface area contributed by atoms with E-state index in [0.29, 0.717) is 18.5 Å². The lowest BCUT2D eigenvalue weighted by atomic mass is 9.83. The molecule has 3 aromatic rings. The molecule has 1 aliphatic rings. The SMILES string of the molecule is O=C(N[C@H]1C[C@@H](O)[C@@H]1n1cccn1)c1ccc(Cn2cccn2)cc1. The minimum Gasteiger partial charge on any atom is -0.391 e. The molecule has 1 aromatic carbocycles. The van der Waals surface area contributed by atoms with Gasteiger partial charge < -0.3 is 10.4 Å². The second-order valence-electron chi connectivity index (χ2n) is 6.26. The third-order valence-corrected chi connectivity index (χ3v) is 4.57. The van der Waals surface area contributed by atoms with Crippen molar-refractivity contribution < 1.29 is 9.90 Å². The van der Waals surface area contributed by atoms with Crippen molar-refractivity contribution in [2.45, 2.75) is 31.2 Å². The number of hydrogen-bond acceptors (Lipinski definition) is 4. The van der Waals surface area contributed by atoms with Gasteiger partial charge in [0.2, 0.25) is 0 Å². The van der Waals surface area contributed by atoms with E-state index < -0.39 is 6.10 Å². The largest absolute Gasteiger partial charge is 0.391 e. The maximum Gasteiger partial charge on any atom is 0.251 e. The van der Waals surface area contributed by atoms with Crippen LogP contribution in [0, 0.1) is 0 Å². The molecule has 0 aliphatic heterocycles. The normalized spacial score (nSPS) is 22.4. The van der Waals surface area contributed by atoms with Gasteiger partial charge in [0.15, 0.2) is 0 Å². The highest BCUT2D eigenvalue weighted by molar-refractivity contribution is 5.94. The van der Waals surface area contributed by atoms with Gasteiger partial charge >= 0.3 is 0 Å². The van der Waals surface area contributed by atoms with Crippen molar-refractivity contribution in [2.24, 2.45) is 0 Å². The van der Waals surface area contributed by atoms with Gasteiger partial charge in [0.25, 0.3) is 5.91 Å². The molecule has 7 nitrogen and oxygen atoms in total. The van der Waals surface area contributed by atoms with Crippen molar-refractivity contribution in [1.29, 1.82) is 0 Å². The number of nitrogens with one attached hydrogen (secondary N) is 1. The third-order valence-electron chi connectivity index (χ3n) is 4.57. The summed E-state index contributed by atoms with van der Waals surface area (Å²) >= 11 is 0. The topological polar surface area (TPSA) is 85.0 Å². The standard InChI is InChI=1S/C18H19N5O2/c24-16-11-15(17(16)23-10-2-8-20-23)21-18(25)14-5-3-13(4-6-14)12-22-9-1-7-19-22/h1-10,15-17,24H,11-12H2,(H,21,25)/t15-,16+,17+/m0/s1. The monoisotopic (exact) mass is 337 g/mol. The van der Waals surface area contributed by atoms with Gasteiger partial charge in [-0.25, -0.2) is 0 Å². The molecule has 1 aliphatic carbocycles. The molecule has 7 heteroatoms. The molecule has 0 radical (unpaired) electrons. The molecule has 1 fully saturated rings. The molecule has 2 heterocycles. The van der Waals surface area contributed by atoms with Gasteiger partial charge in [-0.3, -0.25) is 14.2 Å². The molecule has 0 saturated heterocycles. The molecule has 2 aromatic heterocycles. The first-order chi connectivity index (χ1) is 12.2. The molecule has 2 N–H and O–H groups in total. The zero-order chi connectivity index (χ0) is 17.2. The Hall–Kier alpha value is -2.93. The Morgan fingerprint density at radius 2 is 1.92 bits per heavy atom. The number of rotatable bonds is 5. The van der Waals surface area contributed by atoms with Crippen molar-refractivity contribution in [2.75, 3.05) is 0 Å². The highest BCUT2D eigenvalue weighted by Crippen LogP contribution is 2.32. The van der Waals surface area contributed by atoms with Crippen LogP contribution in [-0.4, -0.2) is 42.7 Å². The Bertz CT molecular complexity index is 827. The van der Waals surface area contributed by atoms with Gasteiger partial charge in [-0.15, -0.1) is 0 Å². The van der Waals surface area contributed by atoms with Gasteiger partial charge in [0.1, 0.15) is 0 Å². The molecule has 1 amide bonds. The Balaban J connectivity index is 1.39. The first kappa shape index (κ1) is 15.6. The molecule has 1 saturated carbocycles. The zero-order valence-corrected chi connectivity index (χ0v) is 13.6. The molecule has 25 heavy (non-hydrogen) atoms. The Morgan fingerprint density at radius 1 is 1.16 bits per heavy atom. The molecule has 0 unspecified atom stereocenters. The van der Waals surface area contributed by atoms with Gasteiger partial charge in [-0.05, 0) is 36.2 Å². The predicted molar refractivity (Wildman–Crippen MR) is 90.9 cm³/mol. The van der Waals surface area contributed by atoms with Crippen LogP contribution < -0.4 is 5.32 Å². The van der Waals surface area contributed by atoms with E-state index in [-0.39, 0.29) is 18.0 Å². The molecular formula is C18H19N5O2. The van der Waals surface area contributed by atoms with Gasteiger partial charge in [0, 0.05) is 30.4 Å². The average Bonchev–Trinajstić information content (AvgIpc) is 3.29. The molecular weight excluding hydrogens is 318 g/mol. The number of hydrogen-bond donors (Lipinski definition) is 2. The van der Waals surface area contributed by atoms with Crippen LogP contribution in [0.2, 0.25) is 0 Å². The summed E-state index contributed by atoms with van der Waals surface area (Å²) in [5, 5.41) is 21.3. The predicted octanol–water partition coefficient (Wildman–Crippen LogP) is 1.23. The van der Waals surface area contributed by atoms with Crippen LogP contribution in [0.15, 0.2) is 61.2 Å². The third kappa shape index (κ3) is 3.18. The van der Waals surface area contributed by atoms with Crippen LogP contribution in [-0.2, 0) is 6.54 Å². The van der Waals surface area contributed by atoms with Crippen LogP contribution in [0.1, 0.15) is 28.4 Å². The minimum absolute atomic E-state index is 0.119. The van der Waals surface area contributed by atoms with Crippen LogP contribution in [0.5, 0.6) is 0 Å². The van der Waals surface area contributed by atoms with E-state index in [1.807, 2.05) is 47.3 Å². The average molecular weight is 337 g/mol. The van der Waals surface area contributed by atoms with Crippen LogP contribution >= 0.6 is 0 Å². The molecule has 4 rings (SSSR count). The maximum absolute atomic E-state index is 12.5. The summed E-state index contributed by atoms with van der Waals surface area (Å²) in [6.07, 6.45) is 7.16. The molecule has 3 atom stereocenters. The van der Waals surface area contributed by atoms with Crippen LogP contribution in [0.4, 0.5) is 0 Å². The summed E-state index contributed by atoms with van der Waals surface area (Å²) in [5.74, 6) is -0.139. The first-order valence-corrected chi connectivity index (χ1v) is 8.25. The van der Waals surface area contributed by atoms with E-state index in [4.69, 9.17) is 0 Å². The number of aliphatic hydroxyl groups excluding tert-OH is 1. The van der Waals surface area contributed by atoms with Gasteiger partial charge in [0.05, 0.1) is 24.7 Å². The summed E-state index contributed by atoms with van der Waals surface area (Å²) in [7, 11) is 0. The Kier molecular flexibility index (Phi) is 4.07. The van der Waals surface area contributed by atoms with Crippen molar-refractivity contribution in [3.63, 3.8) is 0 Å². The van der Waals surface area contributed by atoms with Crippen molar-refractivity contribution in [3.05, 3.63) is 72.3 Å². The van der Waals surface area contributed by atoms with E-state index in [9.17, 15) is 9.90 Å². The van der Waals surface area contributed by atoms with Crippen molar-refractivity contribution >= 4 is 5.91 Å². The van der Waals surface area contributed by atoms with Crippen LogP contribution in [0.3, 0.4) is 0 Å². The van der Waals surface area contributed by atoms with E-state index in [2.05, 4.69) is 15.5 Å². The number of aliphatic hydroxyl groups is 1. The smallest absolute Gasteiger partial charge is 0.251 e. The fraction of sp³-hybridized carbons (Fsp3) is 0.278. The maximum atomic E-state index is 12.5. The Labute approximate surface area is 144 Å². The first-order valence-electron chi connectivity index (χ1n) is 8.25. The van der Waals surface area contributed by atoms with E-state index in [0.717, 1.165) is 5.56 Å². The minimum atomic E-state index is -0.485. The van der Waals surface area contributed by atoms with E-state index in [1.165, 1.54) is 0 Å². The fourth-order valence-electron chi connectivity index (χ4n) is 3.17. The number of amides is 1. The Morgan fingerprint density at radius 3 is 2.56 bits per heavy atom. The number of benzene rings is 1. The molecule has 0 bridgehead atoms. The fourth-order valence-corrected chi connectivity index (χ4v) is 3.17. The highest BCUT2D eigenvalue weighted by atomic mass is 16.3. The number of carbonyl (C=O) groups is 1. The van der Waals surface area contributed by atoms with E-state index >= 15 is 0 Å². The summed E-state index contributed by atoms with van der Waals surface area (Å²) in [4.78, 5) is 12.5. The summed E-state index contributed by atoms with van der Waals surface area (Å²) in [6.45, 7) is 0.672. The summed E-state index contributed by atoms with van der Waals surface area (Å²) in [6, 6.07) is 10.8. The molecule has 128 valence electrons. The van der Waals surface area contributed by atoms with Crippen molar-refractivity contribution in [1.82, 2.24) is 24.9 Å². The van der Waals surface area contributed by atoms with Gasteiger partial charge in [-0.2, -0.15) is 10.2 Å². The second-order valence-corrected chi connectivity index (χ2v) is 6.26. The lowest BCUT2D eigenvalue weighted by Crippen LogP contribution is -2.56. The van der Waals surface area contributed by atoms with Crippen molar-refractivity contribution in [3.8, 4) is 0 Å². The van der Waals surface area contributed by atoms with E-state index in [1.54, 1.807) is 23.3 Å².